The summed E-state index contributed by atoms with van der Waals surface area (Å²) in [5.41, 5.74) is -0.521. The molecule has 1 unspecified atom stereocenters. The Kier molecular flexibility index (Phi) is 7.75. The molecule has 0 aromatic rings. The predicted molar refractivity (Wildman–Crippen MR) is 67.6 cm³/mol. The SMILES string of the molecule is CCCC(SCCC(F)F)C(=O)OC(C)(C)C. The van der Waals surface area contributed by atoms with Crippen molar-refractivity contribution >= 4 is 17.7 Å². The zero-order valence-corrected chi connectivity index (χ0v) is 11.8. The fourth-order valence-corrected chi connectivity index (χ4v) is 2.38. The van der Waals surface area contributed by atoms with E-state index in [2.05, 4.69) is 0 Å². The Hall–Kier alpha value is -0.320. The van der Waals surface area contributed by atoms with Crippen molar-refractivity contribution in [2.45, 2.75) is 64.2 Å². The summed E-state index contributed by atoms with van der Waals surface area (Å²) in [6.07, 6.45) is -0.967. The van der Waals surface area contributed by atoms with E-state index in [1.54, 1.807) is 20.8 Å². The molecule has 0 spiro atoms. The van der Waals surface area contributed by atoms with Crippen LogP contribution in [0.3, 0.4) is 0 Å². The standard InChI is InChI=1S/C12H22F2O2S/c1-5-6-9(17-8-7-10(13)14)11(15)16-12(2,3)4/h9-10H,5-8H2,1-4H3. The van der Waals surface area contributed by atoms with Crippen molar-refractivity contribution in [1.29, 1.82) is 0 Å². The van der Waals surface area contributed by atoms with E-state index < -0.39 is 12.0 Å². The minimum Gasteiger partial charge on any atom is -0.459 e. The number of ether oxygens (including phenoxy) is 1. The second kappa shape index (κ2) is 7.90. The lowest BCUT2D eigenvalue weighted by molar-refractivity contribution is -0.154. The minimum absolute atomic E-state index is 0.173. The summed E-state index contributed by atoms with van der Waals surface area (Å²) in [6.45, 7) is 7.37. The van der Waals surface area contributed by atoms with E-state index in [1.807, 2.05) is 6.92 Å². The Morgan fingerprint density at radius 2 is 1.88 bits per heavy atom. The van der Waals surface area contributed by atoms with Crippen molar-refractivity contribution in [2.75, 3.05) is 5.75 Å². The van der Waals surface area contributed by atoms with Crippen molar-refractivity contribution in [2.24, 2.45) is 0 Å². The number of carbonyl (C=O) groups is 1. The van der Waals surface area contributed by atoms with Gasteiger partial charge in [-0.3, -0.25) is 4.79 Å². The van der Waals surface area contributed by atoms with Crippen molar-refractivity contribution in [3.63, 3.8) is 0 Å². The minimum atomic E-state index is -2.30. The number of hydrogen-bond donors (Lipinski definition) is 0. The average molecular weight is 268 g/mol. The largest absolute Gasteiger partial charge is 0.459 e. The summed E-state index contributed by atoms with van der Waals surface area (Å²) in [4.78, 5) is 11.8. The highest BCUT2D eigenvalue weighted by Gasteiger charge is 2.25. The molecule has 0 N–H and O–H groups in total. The molecule has 0 bridgehead atoms. The molecule has 0 aliphatic rings. The van der Waals surface area contributed by atoms with Gasteiger partial charge in [-0.2, -0.15) is 0 Å². The molecule has 1 atom stereocenters. The first-order valence-corrected chi connectivity index (χ1v) is 6.93. The Morgan fingerprint density at radius 3 is 2.29 bits per heavy atom. The van der Waals surface area contributed by atoms with Crippen LogP contribution in [0.5, 0.6) is 0 Å². The first kappa shape index (κ1) is 16.7. The molecule has 0 aliphatic carbocycles. The molecule has 0 heterocycles. The van der Waals surface area contributed by atoms with Crippen LogP contribution in [0.2, 0.25) is 0 Å². The van der Waals surface area contributed by atoms with E-state index in [0.29, 0.717) is 12.2 Å². The lowest BCUT2D eigenvalue weighted by atomic mass is 10.2. The fourth-order valence-electron chi connectivity index (χ4n) is 1.20. The molecule has 17 heavy (non-hydrogen) atoms. The van der Waals surface area contributed by atoms with Crippen LogP contribution < -0.4 is 0 Å². The van der Waals surface area contributed by atoms with Gasteiger partial charge in [0, 0.05) is 6.42 Å². The van der Waals surface area contributed by atoms with Crippen LogP contribution in [0.15, 0.2) is 0 Å². The number of alkyl halides is 2. The number of carbonyl (C=O) groups excluding carboxylic acids is 1. The van der Waals surface area contributed by atoms with Gasteiger partial charge in [0.1, 0.15) is 10.9 Å². The molecular weight excluding hydrogens is 246 g/mol. The van der Waals surface area contributed by atoms with Crippen LogP contribution in [0.1, 0.15) is 47.0 Å². The molecule has 5 heteroatoms. The summed E-state index contributed by atoms with van der Waals surface area (Å²) in [5, 5.41) is -0.321. The first-order valence-electron chi connectivity index (χ1n) is 5.89. The van der Waals surface area contributed by atoms with E-state index in [4.69, 9.17) is 4.74 Å². The molecule has 0 aromatic carbocycles. The lowest BCUT2D eigenvalue weighted by Crippen LogP contribution is -2.30. The molecule has 2 nitrogen and oxygen atoms in total. The average Bonchev–Trinajstić information content (AvgIpc) is 2.13. The summed E-state index contributed by atoms with van der Waals surface area (Å²) < 4.78 is 29.3. The molecule has 0 saturated carbocycles. The fraction of sp³-hybridized carbons (Fsp3) is 0.917. The van der Waals surface area contributed by atoms with Crippen molar-refractivity contribution in [1.82, 2.24) is 0 Å². The van der Waals surface area contributed by atoms with Crippen molar-refractivity contribution in [3.05, 3.63) is 0 Å². The smallest absolute Gasteiger partial charge is 0.319 e. The van der Waals surface area contributed by atoms with Gasteiger partial charge in [-0.25, -0.2) is 8.78 Å². The van der Waals surface area contributed by atoms with Crippen LogP contribution in [0.25, 0.3) is 0 Å². The normalized spacial score (nSPS) is 13.8. The van der Waals surface area contributed by atoms with Gasteiger partial charge in [-0.1, -0.05) is 13.3 Å². The maximum atomic E-state index is 12.0. The highest BCUT2D eigenvalue weighted by molar-refractivity contribution is 8.00. The van der Waals surface area contributed by atoms with Crippen LogP contribution >= 0.6 is 11.8 Å². The molecule has 0 saturated heterocycles. The molecule has 0 aliphatic heterocycles. The topological polar surface area (TPSA) is 26.3 Å². The Bertz CT molecular complexity index is 227. The van der Waals surface area contributed by atoms with Gasteiger partial charge in [0.15, 0.2) is 0 Å². The van der Waals surface area contributed by atoms with Gasteiger partial charge >= 0.3 is 5.97 Å². The van der Waals surface area contributed by atoms with Gasteiger partial charge in [-0.05, 0) is 32.9 Å². The van der Waals surface area contributed by atoms with Gasteiger partial charge in [0.05, 0.1) is 0 Å². The van der Waals surface area contributed by atoms with E-state index in [-0.39, 0.29) is 17.6 Å². The monoisotopic (exact) mass is 268 g/mol. The number of halogens is 2. The third-order valence-corrected chi connectivity index (χ3v) is 3.18. The third kappa shape index (κ3) is 9.39. The predicted octanol–water partition coefficient (Wildman–Crippen LogP) is 3.89. The molecule has 0 aromatic heterocycles. The zero-order valence-electron chi connectivity index (χ0n) is 11.0. The molecule has 0 amide bonds. The molecule has 0 fully saturated rings. The molecule has 102 valence electrons. The van der Waals surface area contributed by atoms with E-state index in [9.17, 15) is 13.6 Å². The van der Waals surface area contributed by atoms with Crippen LogP contribution in [0, 0.1) is 0 Å². The Morgan fingerprint density at radius 1 is 1.29 bits per heavy atom. The number of thioether (sulfide) groups is 1. The quantitative estimate of drug-likeness (QED) is 0.655. The summed E-state index contributed by atoms with van der Waals surface area (Å²) in [6, 6.07) is 0. The van der Waals surface area contributed by atoms with Crippen molar-refractivity contribution in [3.8, 4) is 0 Å². The van der Waals surface area contributed by atoms with Gasteiger partial charge in [0.25, 0.3) is 0 Å². The highest BCUT2D eigenvalue weighted by atomic mass is 32.2. The van der Waals surface area contributed by atoms with Gasteiger partial charge in [0.2, 0.25) is 6.43 Å². The number of rotatable bonds is 7. The summed E-state index contributed by atoms with van der Waals surface area (Å²) in [5.74, 6) is 0.000283. The summed E-state index contributed by atoms with van der Waals surface area (Å²) in [7, 11) is 0. The second-order valence-corrected chi connectivity index (χ2v) is 6.17. The Balaban J connectivity index is 4.16. The van der Waals surface area contributed by atoms with E-state index >= 15 is 0 Å². The van der Waals surface area contributed by atoms with Gasteiger partial charge < -0.3 is 4.74 Å². The summed E-state index contributed by atoms with van der Waals surface area (Å²) >= 11 is 1.27. The second-order valence-electron chi connectivity index (χ2n) is 4.86. The van der Waals surface area contributed by atoms with Crippen LogP contribution in [0.4, 0.5) is 8.78 Å². The molecule has 0 rings (SSSR count). The maximum absolute atomic E-state index is 12.0. The molecule has 0 radical (unpaired) electrons. The first-order chi connectivity index (χ1) is 7.76. The molecular formula is C12H22F2O2S. The Labute approximate surface area is 106 Å². The number of esters is 1. The van der Waals surface area contributed by atoms with E-state index in [1.165, 1.54) is 11.8 Å². The van der Waals surface area contributed by atoms with Crippen LogP contribution in [-0.2, 0) is 9.53 Å². The van der Waals surface area contributed by atoms with Crippen LogP contribution in [-0.4, -0.2) is 29.0 Å². The van der Waals surface area contributed by atoms with Crippen molar-refractivity contribution < 1.29 is 18.3 Å². The lowest BCUT2D eigenvalue weighted by Gasteiger charge is -2.23. The third-order valence-electron chi connectivity index (χ3n) is 1.88. The van der Waals surface area contributed by atoms with E-state index in [0.717, 1.165) is 6.42 Å². The van der Waals surface area contributed by atoms with Gasteiger partial charge in [-0.15, -0.1) is 11.8 Å². The zero-order chi connectivity index (χ0) is 13.5. The highest BCUT2D eigenvalue weighted by Crippen LogP contribution is 2.22. The number of hydrogen-bond acceptors (Lipinski definition) is 3. The maximum Gasteiger partial charge on any atom is 0.319 e.